The average molecular weight is 526 g/mol. The second kappa shape index (κ2) is 10.9. The van der Waals surface area contributed by atoms with Crippen molar-refractivity contribution in [3.63, 3.8) is 0 Å². The van der Waals surface area contributed by atoms with Gasteiger partial charge in [-0.3, -0.25) is 4.98 Å². The fourth-order valence-corrected chi connectivity index (χ4v) is 4.67. The van der Waals surface area contributed by atoms with Gasteiger partial charge in [-0.2, -0.15) is 0 Å². The first kappa shape index (κ1) is 29.4. The third-order valence-electron chi connectivity index (χ3n) is 7.91. The molecule has 1 aliphatic rings. The Kier molecular flexibility index (Phi) is 8.69. The van der Waals surface area contributed by atoms with Gasteiger partial charge in [0.2, 0.25) is 0 Å². The van der Waals surface area contributed by atoms with Crippen molar-refractivity contribution in [1.29, 1.82) is 0 Å². The molecule has 3 rings (SSSR count). The Balaban J connectivity index is 2.01. The molecule has 1 saturated heterocycles. The van der Waals surface area contributed by atoms with E-state index in [0.717, 1.165) is 22.3 Å². The molecule has 0 N–H and O–H groups in total. The van der Waals surface area contributed by atoms with Gasteiger partial charge in [-0.15, -0.1) is 0 Å². The van der Waals surface area contributed by atoms with Gasteiger partial charge in [-0.1, -0.05) is 26.8 Å². The molecule has 0 spiro atoms. The molecule has 37 heavy (non-hydrogen) atoms. The molecule has 2 heterocycles. The highest BCUT2D eigenvalue weighted by atomic mass is 28.4. The van der Waals surface area contributed by atoms with E-state index in [1.807, 2.05) is 43.5 Å². The summed E-state index contributed by atoms with van der Waals surface area (Å²) in [5.41, 5.74) is 3.11. The molecule has 1 aliphatic heterocycles. The number of benzene rings is 1. The monoisotopic (exact) mass is 525 g/mol. The smallest absolute Gasteiger partial charge is 0.487 e. The molecule has 1 fully saturated rings. The van der Waals surface area contributed by atoms with Crippen molar-refractivity contribution in [3.8, 4) is 22.6 Å². The summed E-state index contributed by atoms with van der Waals surface area (Å²) in [5.74, 6) is 3.46. The highest BCUT2D eigenvalue weighted by Gasteiger charge is 2.50. The van der Waals surface area contributed by atoms with Crippen molar-refractivity contribution >= 4 is 21.0 Å². The number of ether oxygens (including phenoxy) is 2. The largest absolute Gasteiger partial charge is 0.493 e. The van der Waals surface area contributed by atoms with Gasteiger partial charge in [0.05, 0.1) is 31.5 Å². The van der Waals surface area contributed by atoms with Crippen LogP contribution in [0, 0.1) is 0 Å². The lowest BCUT2D eigenvalue weighted by molar-refractivity contribution is 0.00578. The summed E-state index contributed by atoms with van der Waals surface area (Å²) in [7, 11) is -0.818. The van der Waals surface area contributed by atoms with E-state index in [1.54, 1.807) is 7.11 Å². The SMILES string of the molecule is CCOc1cc(-c2cncc(/C(=C\B3OC(C)(C)C(C)(C)O3)CO[Si](C)(C)C(C)(C)C)c2)ccc1OC. The van der Waals surface area contributed by atoms with E-state index in [-0.39, 0.29) is 5.04 Å². The Morgan fingerprint density at radius 3 is 2.22 bits per heavy atom. The maximum Gasteiger partial charge on any atom is 0.487 e. The summed E-state index contributed by atoms with van der Waals surface area (Å²) in [6, 6.07) is 8.07. The minimum atomic E-state index is -1.99. The Morgan fingerprint density at radius 2 is 1.65 bits per heavy atom. The molecule has 1 aromatic carbocycles. The lowest BCUT2D eigenvalue weighted by Crippen LogP contribution is -2.41. The van der Waals surface area contributed by atoms with E-state index in [4.69, 9.17) is 23.2 Å². The lowest BCUT2D eigenvalue weighted by atomic mass is 9.85. The number of aromatic nitrogens is 1. The zero-order valence-corrected chi connectivity index (χ0v) is 25.5. The summed E-state index contributed by atoms with van der Waals surface area (Å²) in [6.07, 6.45) is 3.74. The maximum atomic E-state index is 6.65. The zero-order valence-electron chi connectivity index (χ0n) is 24.5. The first-order valence-electron chi connectivity index (χ1n) is 13.1. The highest BCUT2D eigenvalue weighted by Crippen LogP contribution is 2.40. The Morgan fingerprint density at radius 1 is 1.00 bits per heavy atom. The molecule has 0 radical (unpaired) electrons. The molecule has 8 heteroatoms. The molecule has 202 valence electrons. The van der Waals surface area contributed by atoms with Gasteiger partial charge in [-0.25, -0.2) is 0 Å². The van der Waals surface area contributed by atoms with Crippen molar-refractivity contribution in [2.75, 3.05) is 20.3 Å². The van der Waals surface area contributed by atoms with E-state index in [9.17, 15) is 0 Å². The number of rotatable bonds is 9. The van der Waals surface area contributed by atoms with Crippen molar-refractivity contribution in [2.45, 2.75) is 84.7 Å². The average Bonchev–Trinajstić information content (AvgIpc) is 3.01. The van der Waals surface area contributed by atoms with Crippen LogP contribution in [-0.4, -0.2) is 51.9 Å². The van der Waals surface area contributed by atoms with Crippen LogP contribution < -0.4 is 9.47 Å². The molecule has 2 aromatic rings. The topological polar surface area (TPSA) is 59.0 Å². The Hall–Kier alpha value is -2.13. The first-order chi connectivity index (χ1) is 17.1. The Bertz CT molecular complexity index is 1110. The van der Waals surface area contributed by atoms with Gasteiger partial charge in [0.25, 0.3) is 0 Å². The maximum absolute atomic E-state index is 6.65. The minimum Gasteiger partial charge on any atom is -0.493 e. The second-order valence-corrected chi connectivity index (χ2v) is 16.9. The van der Waals surface area contributed by atoms with E-state index in [1.165, 1.54) is 0 Å². The molecule has 0 unspecified atom stereocenters. The van der Waals surface area contributed by atoms with Gasteiger partial charge < -0.3 is 23.2 Å². The molecule has 1 aromatic heterocycles. The predicted octanol–water partition coefficient (Wildman–Crippen LogP) is 7.19. The van der Waals surface area contributed by atoms with Gasteiger partial charge in [0, 0.05) is 18.0 Å². The van der Waals surface area contributed by atoms with Crippen molar-refractivity contribution < 1.29 is 23.2 Å². The first-order valence-corrected chi connectivity index (χ1v) is 16.0. The molecule has 6 nitrogen and oxygen atoms in total. The molecule has 0 amide bonds. The van der Waals surface area contributed by atoms with Crippen LogP contribution in [0.2, 0.25) is 18.1 Å². The van der Waals surface area contributed by atoms with Crippen LogP contribution in [0.1, 0.15) is 61.0 Å². The number of nitrogens with zero attached hydrogens (tertiary/aromatic N) is 1. The van der Waals surface area contributed by atoms with E-state index in [2.05, 4.69) is 72.6 Å². The normalized spacial score (nSPS) is 17.7. The number of methoxy groups -OCH3 is 1. The van der Waals surface area contributed by atoms with Gasteiger partial charge in [0.1, 0.15) is 0 Å². The number of pyridine rings is 1. The molecule has 0 saturated carbocycles. The van der Waals surface area contributed by atoms with Crippen molar-refractivity contribution in [1.82, 2.24) is 4.98 Å². The van der Waals surface area contributed by atoms with E-state index >= 15 is 0 Å². The summed E-state index contributed by atoms with van der Waals surface area (Å²) >= 11 is 0. The van der Waals surface area contributed by atoms with Gasteiger partial charge in [0.15, 0.2) is 19.8 Å². The lowest BCUT2D eigenvalue weighted by Gasteiger charge is -2.36. The third kappa shape index (κ3) is 6.66. The molecular weight excluding hydrogens is 481 g/mol. The molecule has 0 aliphatic carbocycles. The fraction of sp³-hybridized carbons (Fsp3) is 0.552. The Labute approximate surface area is 225 Å². The van der Waals surface area contributed by atoms with Gasteiger partial charge in [-0.05, 0) is 93.6 Å². The second-order valence-electron chi connectivity index (χ2n) is 12.1. The van der Waals surface area contributed by atoms with Crippen molar-refractivity contribution in [3.05, 3.63) is 48.2 Å². The minimum absolute atomic E-state index is 0.0985. The molecule has 0 atom stereocenters. The quantitative estimate of drug-likeness (QED) is 0.323. The van der Waals surface area contributed by atoms with Gasteiger partial charge >= 0.3 is 7.12 Å². The van der Waals surface area contributed by atoms with Crippen LogP contribution in [0.4, 0.5) is 0 Å². The van der Waals surface area contributed by atoms with Crippen LogP contribution in [0.15, 0.2) is 42.6 Å². The summed E-state index contributed by atoms with van der Waals surface area (Å²) in [4.78, 5) is 4.59. The van der Waals surface area contributed by atoms with Crippen LogP contribution in [0.25, 0.3) is 16.7 Å². The highest BCUT2D eigenvalue weighted by molar-refractivity contribution is 6.74. The molecular formula is C29H44BNO5Si. The number of hydrogen-bond donors (Lipinski definition) is 0. The summed E-state index contributed by atoms with van der Waals surface area (Å²) < 4.78 is 30.5. The predicted molar refractivity (Wildman–Crippen MR) is 155 cm³/mol. The standard InChI is InChI=1S/C29H44BNO5Si/c1-12-33-26-16-21(13-14-25(26)32-9)22-15-23(19-31-18-22)24(20-34-37(10,11)27(2,3)4)17-30-35-28(5,6)29(7,8)36-30/h13-19H,12,20H2,1-11H3/b24-17-. The zero-order chi connectivity index (χ0) is 27.6. The number of hydrogen-bond acceptors (Lipinski definition) is 6. The van der Waals surface area contributed by atoms with Crippen molar-refractivity contribution in [2.24, 2.45) is 0 Å². The fourth-order valence-electron chi connectivity index (χ4n) is 3.72. The third-order valence-corrected chi connectivity index (χ3v) is 12.4. The summed E-state index contributed by atoms with van der Waals surface area (Å²) in [5, 5.41) is 0.0985. The van der Waals surface area contributed by atoms with Crippen LogP contribution >= 0.6 is 0 Å². The molecule has 0 bridgehead atoms. The van der Waals surface area contributed by atoms with Crippen LogP contribution in [-0.2, 0) is 13.7 Å². The van der Waals surface area contributed by atoms with E-state index in [0.29, 0.717) is 24.7 Å². The van der Waals surface area contributed by atoms with Crippen LogP contribution in [0.5, 0.6) is 11.5 Å². The van der Waals surface area contributed by atoms with E-state index < -0.39 is 26.6 Å². The summed E-state index contributed by atoms with van der Waals surface area (Å²) in [6.45, 7) is 22.5. The van der Waals surface area contributed by atoms with Crippen LogP contribution in [0.3, 0.4) is 0 Å².